The minimum Gasteiger partial charge on any atom is -0.379 e. The van der Waals surface area contributed by atoms with Gasteiger partial charge in [-0.15, -0.1) is 0 Å². The van der Waals surface area contributed by atoms with Crippen molar-refractivity contribution in [3.8, 4) is 0 Å². The second-order valence-corrected chi connectivity index (χ2v) is 5.11. The first kappa shape index (κ1) is 16.4. The summed E-state index contributed by atoms with van der Waals surface area (Å²) in [4.78, 5) is 14.0. The fraction of sp³-hybridized carbons (Fsp3) is 0.929. The molecule has 1 aliphatic heterocycles. The number of ether oxygens (including phenoxy) is 2. The highest BCUT2D eigenvalue weighted by Gasteiger charge is 2.19. The van der Waals surface area contributed by atoms with Crippen LogP contribution in [0.2, 0.25) is 0 Å². The van der Waals surface area contributed by atoms with Crippen LogP contribution in [-0.4, -0.2) is 63.9 Å². The Hall–Kier alpha value is -0.650. The highest BCUT2D eigenvalue weighted by atomic mass is 16.5. The van der Waals surface area contributed by atoms with Gasteiger partial charge in [0.2, 0.25) is 5.91 Å². The molecule has 1 amide bonds. The lowest BCUT2D eigenvalue weighted by Gasteiger charge is -2.28. The molecule has 0 aromatic heterocycles. The Morgan fingerprint density at radius 2 is 1.89 bits per heavy atom. The molecule has 19 heavy (non-hydrogen) atoms. The van der Waals surface area contributed by atoms with E-state index in [1.165, 1.54) is 0 Å². The summed E-state index contributed by atoms with van der Waals surface area (Å²) >= 11 is 0. The minimum absolute atomic E-state index is 0.156. The van der Waals surface area contributed by atoms with E-state index in [1.54, 1.807) is 0 Å². The smallest absolute Gasteiger partial charge is 0.220 e. The number of nitrogens with one attached hydrogen (secondary N) is 1. The molecule has 1 N–H and O–H groups in total. The predicted molar refractivity (Wildman–Crippen MR) is 75.2 cm³/mol. The molecule has 0 radical (unpaired) electrons. The molecule has 1 fully saturated rings. The number of carbonyl (C=O) groups excluding carboxylic acids is 1. The fourth-order valence-electron chi connectivity index (χ4n) is 2.23. The number of carbonyl (C=O) groups is 1. The molecule has 0 unspecified atom stereocenters. The predicted octanol–water partition coefficient (Wildman–Crippen LogP) is 0.888. The van der Waals surface area contributed by atoms with Crippen molar-refractivity contribution in [3.05, 3.63) is 0 Å². The Morgan fingerprint density at radius 1 is 1.21 bits per heavy atom. The summed E-state index contributed by atoms with van der Waals surface area (Å²) in [6.07, 6.45) is 2.93. The molecule has 0 spiro atoms. The van der Waals surface area contributed by atoms with Crippen molar-refractivity contribution in [2.45, 2.75) is 26.2 Å². The molecule has 1 aliphatic rings. The molecule has 0 saturated carbocycles. The molecule has 5 nitrogen and oxygen atoms in total. The van der Waals surface area contributed by atoms with Gasteiger partial charge in [0.15, 0.2) is 0 Å². The molecule has 1 saturated heterocycles. The highest BCUT2D eigenvalue weighted by Crippen LogP contribution is 2.18. The van der Waals surface area contributed by atoms with Crippen molar-refractivity contribution >= 4 is 5.91 Å². The van der Waals surface area contributed by atoms with Gasteiger partial charge in [-0.3, -0.25) is 4.79 Å². The first-order valence-electron chi connectivity index (χ1n) is 7.33. The van der Waals surface area contributed by atoms with Crippen molar-refractivity contribution in [2.24, 2.45) is 5.92 Å². The number of likely N-dealkylation sites (tertiary alicyclic amines) is 1. The van der Waals surface area contributed by atoms with Gasteiger partial charge in [-0.1, -0.05) is 0 Å². The topological polar surface area (TPSA) is 50.8 Å². The first-order valence-corrected chi connectivity index (χ1v) is 7.33. The van der Waals surface area contributed by atoms with Crippen LogP contribution in [0.15, 0.2) is 0 Å². The Morgan fingerprint density at radius 3 is 2.58 bits per heavy atom. The molecule has 0 aromatic carbocycles. The summed E-state index contributed by atoms with van der Waals surface area (Å²) in [5.41, 5.74) is 0. The molecule has 0 bridgehead atoms. The van der Waals surface area contributed by atoms with E-state index in [1.807, 2.05) is 6.92 Å². The van der Waals surface area contributed by atoms with Crippen LogP contribution in [0.25, 0.3) is 0 Å². The molecular formula is C14H28N2O3. The van der Waals surface area contributed by atoms with Crippen molar-refractivity contribution in [3.63, 3.8) is 0 Å². The summed E-state index contributed by atoms with van der Waals surface area (Å²) in [6, 6.07) is 0. The summed E-state index contributed by atoms with van der Waals surface area (Å²) < 4.78 is 10.5. The zero-order valence-electron chi connectivity index (χ0n) is 12.3. The lowest BCUT2D eigenvalue weighted by atomic mass is 9.93. The number of nitrogens with zero attached hydrogens (tertiary/aromatic N) is 1. The van der Waals surface area contributed by atoms with Crippen molar-refractivity contribution in [1.82, 2.24) is 10.2 Å². The maximum absolute atomic E-state index is 11.7. The Bertz CT molecular complexity index is 241. The van der Waals surface area contributed by atoms with Crippen molar-refractivity contribution in [1.29, 1.82) is 0 Å². The Balaban J connectivity index is 1.93. The van der Waals surface area contributed by atoms with E-state index in [2.05, 4.69) is 17.3 Å². The van der Waals surface area contributed by atoms with Gasteiger partial charge in [-0.2, -0.15) is 0 Å². The molecular weight excluding hydrogens is 244 g/mol. The second-order valence-electron chi connectivity index (χ2n) is 5.11. The van der Waals surface area contributed by atoms with E-state index in [0.717, 1.165) is 32.5 Å². The van der Waals surface area contributed by atoms with Crippen LogP contribution in [0.5, 0.6) is 0 Å². The summed E-state index contributed by atoms with van der Waals surface area (Å²) in [6.45, 7) is 7.28. The molecule has 0 atom stereocenters. The Labute approximate surface area is 116 Å². The normalized spacial score (nSPS) is 17.6. The van der Waals surface area contributed by atoms with Crippen LogP contribution in [0, 0.1) is 5.92 Å². The Kier molecular flexibility index (Phi) is 8.79. The van der Waals surface area contributed by atoms with Crippen LogP contribution in [0.1, 0.15) is 26.2 Å². The van der Waals surface area contributed by atoms with Gasteiger partial charge in [-0.25, -0.2) is 0 Å². The van der Waals surface area contributed by atoms with Gasteiger partial charge in [0, 0.05) is 19.6 Å². The fourth-order valence-corrected chi connectivity index (χ4v) is 2.23. The van der Waals surface area contributed by atoms with Gasteiger partial charge < -0.3 is 19.7 Å². The van der Waals surface area contributed by atoms with Gasteiger partial charge in [-0.05, 0) is 45.8 Å². The van der Waals surface area contributed by atoms with Gasteiger partial charge in [0.25, 0.3) is 0 Å². The van der Waals surface area contributed by atoms with E-state index in [-0.39, 0.29) is 5.91 Å². The summed E-state index contributed by atoms with van der Waals surface area (Å²) in [5.74, 6) is 0.707. The number of rotatable bonds is 9. The lowest BCUT2D eigenvalue weighted by Crippen LogP contribution is -2.34. The number of piperidine rings is 1. The monoisotopic (exact) mass is 272 g/mol. The molecule has 112 valence electrons. The molecule has 1 rings (SSSR count). The van der Waals surface area contributed by atoms with Crippen LogP contribution < -0.4 is 5.32 Å². The molecule has 5 heteroatoms. The average Bonchev–Trinajstić information content (AvgIpc) is 2.40. The van der Waals surface area contributed by atoms with Gasteiger partial charge in [0.1, 0.15) is 0 Å². The molecule has 0 aromatic rings. The van der Waals surface area contributed by atoms with E-state index in [9.17, 15) is 4.79 Å². The number of amides is 1. The van der Waals surface area contributed by atoms with Crippen LogP contribution >= 0.6 is 0 Å². The quantitative estimate of drug-likeness (QED) is 0.633. The summed E-state index contributed by atoms with van der Waals surface area (Å²) in [7, 11) is 2.13. The van der Waals surface area contributed by atoms with Crippen LogP contribution in [0.3, 0.4) is 0 Å². The summed E-state index contributed by atoms with van der Waals surface area (Å²) in [5, 5.41) is 2.91. The standard InChI is InChI=1S/C14H28N2O3/c1-3-18-10-11-19-9-6-15-14(17)12-13-4-7-16(2)8-5-13/h13H,3-12H2,1-2H3,(H,15,17). The highest BCUT2D eigenvalue weighted by molar-refractivity contribution is 5.76. The largest absolute Gasteiger partial charge is 0.379 e. The third-order valence-electron chi connectivity index (χ3n) is 3.46. The van der Waals surface area contributed by atoms with E-state index < -0.39 is 0 Å². The van der Waals surface area contributed by atoms with Gasteiger partial charge >= 0.3 is 0 Å². The van der Waals surface area contributed by atoms with Crippen molar-refractivity contribution < 1.29 is 14.3 Å². The van der Waals surface area contributed by atoms with E-state index >= 15 is 0 Å². The van der Waals surface area contributed by atoms with E-state index in [4.69, 9.17) is 9.47 Å². The number of hydrogen-bond acceptors (Lipinski definition) is 4. The van der Waals surface area contributed by atoms with Crippen LogP contribution in [-0.2, 0) is 14.3 Å². The molecule has 1 heterocycles. The van der Waals surface area contributed by atoms with Crippen LogP contribution in [0.4, 0.5) is 0 Å². The zero-order valence-corrected chi connectivity index (χ0v) is 12.3. The third kappa shape index (κ3) is 8.18. The first-order chi connectivity index (χ1) is 9.22. The third-order valence-corrected chi connectivity index (χ3v) is 3.46. The maximum Gasteiger partial charge on any atom is 0.220 e. The van der Waals surface area contributed by atoms with Gasteiger partial charge in [0.05, 0.1) is 19.8 Å². The lowest BCUT2D eigenvalue weighted by molar-refractivity contribution is -0.122. The second kappa shape index (κ2) is 10.2. The minimum atomic E-state index is 0.156. The average molecular weight is 272 g/mol. The van der Waals surface area contributed by atoms with Crippen molar-refractivity contribution in [2.75, 3.05) is 53.1 Å². The molecule has 0 aliphatic carbocycles. The SMILES string of the molecule is CCOCCOCCNC(=O)CC1CCN(C)CC1. The maximum atomic E-state index is 11.7. The van der Waals surface area contributed by atoms with E-state index in [0.29, 0.717) is 38.7 Å². The number of hydrogen-bond donors (Lipinski definition) is 1. The zero-order chi connectivity index (χ0) is 13.9.